The highest BCUT2D eigenvalue weighted by molar-refractivity contribution is 6.03. The molecule has 1 aliphatic rings. The molecule has 0 aliphatic heterocycles. The minimum Gasteiger partial charge on any atom is -1.00 e. The summed E-state index contributed by atoms with van der Waals surface area (Å²) in [6.45, 7) is 0. The Hall–Kier alpha value is -2.27. The molecule has 0 saturated carbocycles. The van der Waals surface area contributed by atoms with E-state index >= 15 is 0 Å². The van der Waals surface area contributed by atoms with Crippen molar-refractivity contribution in [2.75, 3.05) is 40.1 Å². The summed E-state index contributed by atoms with van der Waals surface area (Å²) in [6.07, 6.45) is 10.3. The molecule has 0 radical (unpaired) electrons. The quantitative estimate of drug-likeness (QED) is 0.532. The molecule has 0 unspecified atom stereocenters. The van der Waals surface area contributed by atoms with Gasteiger partial charge >= 0.3 is 0 Å². The summed E-state index contributed by atoms with van der Waals surface area (Å²) in [5.41, 5.74) is 9.01. The summed E-state index contributed by atoms with van der Waals surface area (Å²) in [6, 6.07) is 12.5. The van der Waals surface area contributed by atoms with Gasteiger partial charge in [0.25, 0.3) is 0 Å². The molecule has 0 spiro atoms. The topological polar surface area (TPSA) is 47.0 Å². The lowest BCUT2D eigenvalue weighted by molar-refractivity contribution is -0.462. The summed E-state index contributed by atoms with van der Waals surface area (Å²) < 4.78 is 7.80. The molecule has 6 heteroatoms. The van der Waals surface area contributed by atoms with Crippen molar-refractivity contribution >= 4 is 17.0 Å². The van der Waals surface area contributed by atoms with Gasteiger partial charge in [-0.25, -0.2) is 4.58 Å². The zero-order valence-corrected chi connectivity index (χ0v) is 18.6. The number of anilines is 1. The summed E-state index contributed by atoms with van der Waals surface area (Å²) in [4.78, 5) is 2.10. The Morgan fingerprint density at radius 2 is 1.46 bits per heavy atom. The molecule has 4 nitrogen and oxygen atoms in total. The van der Waals surface area contributed by atoms with Crippen LogP contribution in [0.3, 0.4) is 0 Å². The standard InChI is InChI=1S/C21H23N2O.CH5N.2ClH/c1-22(2)18-11-7-16(8-12-18)21(20-6-5-15-24-20)17-9-13-19(14-10-17)23(3)4;1-2;;/h5-15H,1-4H3;2H2,1H3;2*1H/q+1;;;/p-1. The first kappa shape index (κ1) is 25.7. The van der Waals surface area contributed by atoms with Gasteiger partial charge < -0.3 is 39.9 Å². The van der Waals surface area contributed by atoms with E-state index in [1.165, 1.54) is 11.4 Å². The number of hydrogen-bond donors (Lipinski definition) is 1. The normalized spacial score (nSPS) is 11.6. The van der Waals surface area contributed by atoms with E-state index in [1.54, 1.807) is 13.3 Å². The molecule has 1 heterocycles. The molecule has 1 aromatic heterocycles. The summed E-state index contributed by atoms with van der Waals surface area (Å²) in [7, 11) is 9.94. The smallest absolute Gasteiger partial charge is 0.199 e. The minimum absolute atomic E-state index is 0. The highest BCUT2D eigenvalue weighted by Crippen LogP contribution is 2.30. The van der Waals surface area contributed by atoms with Crippen LogP contribution in [0.25, 0.3) is 5.57 Å². The van der Waals surface area contributed by atoms with E-state index in [0.29, 0.717) is 0 Å². The van der Waals surface area contributed by atoms with Crippen LogP contribution in [0.15, 0.2) is 77.0 Å². The maximum absolute atomic E-state index is 5.70. The van der Waals surface area contributed by atoms with Gasteiger partial charge in [-0.1, -0.05) is 12.1 Å². The first-order valence-electron chi connectivity index (χ1n) is 8.73. The van der Waals surface area contributed by atoms with Gasteiger partial charge in [0.05, 0.1) is 13.3 Å². The van der Waals surface area contributed by atoms with Gasteiger partial charge in [0.1, 0.15) is 19.9 Å². The Bertz CT molecular complexity index is 824. The van der Waals surface area contributed by atoms with Crippen LogP contribution in [0.2, 0.25) is 0 Å². The second-order valence-corrected chi connectivity index (χ2v) is 6.23. The van der Waals surface area contributed by atoms with Crippen LogP contribution in [0.4, 0.5) is 5.69 Å². The van der Waals surface area contributed by atoms with Crippen LogP contribution in [-0.4, -0.2) is 45.5 Å². The third-order valence-electron chi connectivity index (χ3n) is 4.11. The Labute approximate surface area is 180 Å². The summed E-state index contributed by atoms with van der Waals surface area (Å²) >= 11 is 0. The molecule has 0 atom stereocenters. The van der Waals surface area contributed by atoms with Gasteiger partial charge in [0.15, 0.2) is 5.71 Å². The van der Waals surface area contributed by atoms with E-state index in [0.717, 1.165) is 22.5 Å². The minimum atomic E-state index is 0. The third kappa shape index (κ3) is 6.13. The fourth-order valence-corrected chi connectivity index (χ4v) is 2.72. The van der Waals surface area contributed by atoms with Gasteiger partial charge in [-0.05, 0) is 47.6 Å². The van der Waals surface area contributed by atoms with E-state index in [4.69, 9.17) is 4.42 Å². The highest BCUT2D eigenvalue weighted by Gasteiger charge is 2.15. The molecule has 1 aromatic carbocycles. The molecule has 2 aromatic rings. The Morgan fingerprint density at radius 1 is 0.893 bits per heavy atom. The second kappa shape index (κ2) is 12.2. The molecule has 0 fully saturated rings. The number of hydrogen-bond acceptors (Lipinski definition) is 2. The fraction of sp³-hybridized carbons (Fsp3) is 0.227. The van der Waals surface area contributed by atoms with Crippen LogP contribution in [0, 0.1) is 0 Å². The van der Waals surface area contributed by atoms with E-state index in [2.05, 4.69) is 63.8 Å². The Balaban J connectivity index is 0.00000177. The van der Waals surface area contributed by atoms with Gasteiger partial charge in [0, 0.05) is 37.5 Å². The van der Waals surface area contributed by atoms with Crippen LogP contribution in [0.1, 0.15) is 11.3 Å². The van der Waals surface area contributed by atoms with Crippen LogP contribution in [-0.2, 0) is 0 Å². The third-order valence-corrected chi connectivity index (χ3v) is 4.11. The zero-order valence-electron chi connectivity index (χ0n) is 17.1. The van der Waals surface area contributed by atoms with Crippen molar-refractivity contribution in [3.63, 3.8) is 0 Å². The summed E-state index contributed by atoms with van der Waals surface area (Å²) in [5.74, 6) is 0.880. The molecular formula is C22H29Cl2N3O. The monoisotopic (exact) mass is 421 g/mol. The number of benzene rings is 1. The number of rotatable bonds is 3. The predicted molar refractivity (Wildman–Crippen MR) is 110 cm³/mol. The lowest BCUT2D eigenvalue weighted by Gasteiger charge is -2.15. The van der Waals surface area contributed by atoms with E-state index in [-0.39, 0.29) is 24.8 Å². The number of quaternary nitrogens is 1. The fourth-order valence-electron chi connectivity index (χ4n) is 2.72. The van der Waals surface area contributed by atoms with Crippen molar-refractivity contribution in [1.82, 2.24) is 0 Å². The number of furan rings is 1. The van der Waals surface area contributed by atoms with Crippen LogP contribution >= 0.6 is 0 Å². The SMILES string of the molecule is CN(C)c1ccc(C(=C2C=CC(=[N+](C)C)C=C2)c2ccco2)cc1.C[NH3+].[Cl-].[Cl-]. The predicted octanol–water partition coefficient (Wildman–Crippen LogP) is -3.15. The molecule has 28 heavy (non-hydrogen) atoms. The van der Waals surface area contributed by atoms with Crippen molar-refractivity contribution in [2.24, 2.45) is 0 Å². The lowest BCUT2D eigenvalue weighted by atomic mass is 9.94. The first-order valence-corrected chi connectivity index (χ1v) is 8.73. The molecular weight excluding hydrogens is 393 g/mol. The van der Waals surface area contributed by atoms with Crippen molar-refractivity contribution in [1.29, 1.82) is 0 Å². The molecule has 3 N–H and O–H groups in total. The van der Waals surface area contributed by atoms with Crippen molar-refractivity contribution < 1.29 is 39.5 Å². The zero-order chi connectivity index (χ0) is 19.1. The second-order valence-electron chi connectivity index (χ2n) is 6.23. The van der Waals surface area contributed by atoms with Crippen molar-refractivity contribution in [3.8, 4) is 0 Å². The van der Waals surface area contributed by atoms with Gasteiger partial charge in [-0.3, -0.25) is 0 Å². The summed E-state index contributed by atoms with van der Waals surface area (Å²) in [5, 5.41) is 0. The van der Waals surface area contributed by atoms with Crippen LogP contribution < -0.4 is 35.4 Å². The number of nitrogens with zero attached hydrogens (tertiary/aromatic N) is 2. The first-order chi connectivity index (χ1) is 12.6. The average Bonchev–Trinajstić information content (AvgIpc) is 3.19. The molecule has 0 bridgehead atoms. The van der Waals surface area contributed by atoms with Crippen LogP contribution in [0.5, 0.6) is 0 Å². The number of allylic oxidation sites excluding steroid dienone is 5. The highest BCUT2D eigenvalue weighted by atomic mass is 35.5. The number of halogens is 2. The Kier molecular flexibility index (Phi) is 11.2. The van der Waals surface area contributed by atoms with E-state index in [9.17, 15) is 0 Å². The molecule has 0 saturated heterocycles. The largest absolute Gasteiger partial charge is 1.00 e. The van der Waals surface area contributed by atoms with Gasteiger partial charge in [-0.15, -0.1) is 0 Å². The molecule has 1 aliphatic carbocycles. The maximum atomic E-state index is 5.70. The molecule has 152 valence electrons. The van der Waals surface area contributed by atoms with E-state index < -0.39 is 0 Å². The van der Waals surface area contributed by atoms with E-state index in [1.807, 2.05) is 40.3 Å². The molecule has 3 rings (SSSR count). The van der Waals surface area contributed by atoms with Crippen molar-refractivity contribution in [2.45, 2.75) is 0 Å². The molecule has 0 amide bonds. The Morgan fingerprint density at radius 3 is 1.89 bits per heavy atom. The van der Waals surface area contributed by atoms with Gasteiger partial charge in [-0.2, -0.15) is 0 Å². The van der Waals surface area contributed by atoms with Gasteiger partial charge in [0.2, 0.25) is 0 Å². The maximum Gasteiger partial charge on any atom is 0.199 e. The lowest BCUT2D eigenvalue weighted by Crippen LogP contribution is -3.00. The van der Waals surface area contributed by atoms with Crippen molar-refractivity contribution in [3.05, 3.63) is 83.9 Å². The average molecular weight is 422 g/mol.